The Labute approximate surface area is 144 Å². The zero-order chi connectivity index (χ0) is 15.9. The van der Waals surface area contributed by atoms with Crippen LogP contribution in [0.15, 0.2) is 57.2 Å². The van der Waals surface area contributed by atoms with E-state index in [9.17, 15) is 0 Å². The predicted molar refractivity (Wildman–Crippen MR) is 94.4 cm³/mol. The third-order valence-electron chi connectivity index (χ3n) is 3.31. The number of aromatic nitrogens is 2. The molecule has 0 spiro atoms. The smallest absolute Gasteiger partial charge is 0.187 e. The summed E-state index contributed by atoms with van der Waals surface area (Å²) in [7, 11) is 0. The van der Waals surface area contributed by atoms with Crippen molar-refractivity contribution in [2.45, 2.75) is 31.7 Å². The van der Waals surface area contributed by atoms with Crippen molar-refractivity contribution in [3.8, 4) is 0 Å². The van der Waals surface area contributed by atoms with Gasteiger partial charge in [0, 0.05) is 31.0 Å². The number of thiophene rings is 1. The molecule has 0 atom stereocenters. The van der Waals surface area contributed by atoms with E-state index in [1.807, 2.05) is 24.5 Å². The van der Waals surface area contributed by atoms with E-state index in [4.69, 9.17) is 4.42 Å². The second-order valence-electron chi connectivity index (χ2n) is 5.16. The molecular formula is C17H19N3OS2. The Morgan fingerprint density at radius 1 is 1.13 bits per heavy atom. The van der Waals surface area contributed by atoms with Crippen LogP contribution in [0.4, 0.5) is 0 Å². The minimum absolute atomic E-state index is 0.772. The standard InChI is InChI=1S/C17H19N3OS2/c1-2-23-17-18-8-15(9-19-17)11-20(10-14-5-7-22-13-14)12-16-4-3-6-21-16/h3-9,13H,2,10-12H2,1H3. The Hall–Kier alpha value is -1.63. The Bertz CT molecular complexity index is 645. The lowest BCUT2D eigenvalue weighted by atomic mass is 10.2. The summed E-state index contributed by atoms with van der Waals surface area (Å²) >= 11 is 3.39. The van der Waals surface area contributed by atoms with Gasteiger partial charge < -0.3 is 4.42 Å². The monoisotopic (exact) mass is 345 g/mol. The highest BCUT2D eigenvalue weighted by Gasteiger charge is 2.11. The van der Waals surface area contributed by atoms with Crippen molar-refractivity contribution in [2.24, 2.45) is 0 Å². The van der Waals surface area contributed by atoms with Crippen LogP contribution in [0, 0.1) is 0 Å². The molecule has 0 aliphatic heterocycles. The lowest BCUT2D eigenvalue weighted by Gasteiger charge is -2.20. The number of furan rings is 1. The first-order valence-corrected chi connectivity index (χ1v) is 9.46. The van der Waals surface area contributed by atoms with Crippen LogP contribution < -0.4 is 0 Å². The first-order valence-electron chi connectivity index (χ1n) is 7.53. The number of thioether (sulfide) groups is 1. The zero-order valence-corrected chi connectivity index (χ0v) is 14.6. The normalized spacial score (nSPS) is 11.2. The van der Waals surface area contributed by atoms with Gasteiger partial charge >= 0.3 is 0 Å². The molecule has 4 nitrogen and oxygen atoms in total. The summed E-state index contributed by atoms with van der Waals surface area (Å²) in [6.45, 7) is 4.56. The van der Waals surface area contributed by atoms with Crippen LogP contribution in [0.2, 0.25) is 0 Å². The fraction of sp³-hybridized carbons (Fsp3) is 0.294. The molecule has 0 amide bonds. The fourth-order valence-electron chi connectivity index (χ4n) is 2.32. The van der Waals surface area contributed by atoms with Crippen molar-refractivity contribution in [2.75, 3.05) is 5.75 Å². The van der Waals surface area contributed by atoms with Gasteiger partial charge in [-0.15, -0.1) is 0 Å². The molecule has 3 rings (SSSR count). The average Bonchev–Trinajstić information content (AvgIpc) is 3.23. The van der Waals surface area contributed by atoms with E-state index in [0.29, 0.717) is 0 Å². The average molecular weight is 345 g/mol. The minimum atomic E-state index is 0.772. The zero-order valence-electron chi connectivity index (χ0n) is 13.0. The summed E-state index contributed by atoms with van der Waals surface area (Å²) in [6.07, 6.45) is 5.57. The van der Waals surface area contributed by atoms with Crippen molar-refractivity contribution in [1.82, 2.24) is 14.9 Å². The van der Waals surface area contributed by atoms with E-state index in [0.717, 1.165) is 41.9 Å². The van der Waals surface area contributed by atoms with Gasteiger partial charge in [-0.05, 0) is 40.3 Å². The maximum absolute atomic E-state index is 5.50. The molecule has 0 saturated carbocycles. The van der Waals surface area contributed by atoms with Crippen LogP contribution in [0.3, 0.4) is 0 Å². The molecule has 0 N–H and O–H groups in total. The molecule has 6 heteroatoms. The summed E-state index contributed by atoms with van der Waals surface area (Å²) in [5, 5.41) is 5.14. The third-order valence-corrected chi connectivity index (χ3v) is 4.80. The topological polar surface area (TPSA) is 42.2 Å². The van der Waals surface area contributed by atoms with Crippen LogP contribution in [-0.4, -0.2) is 20.6 Å². The molecule has 3 aromatic heterocycles. The van der Waals surface area contributed by atoms with Crippen molar-refractivity contribution in [3.63, 3.8) is 0 Å². The molecule has 0 radical (unpaired) electrons. The van der Waals surface area contributed by atoms with Gasteiger partial charge in [0.05, 0.1) is 12.8 Å². The van der Waals surface area contributed by atoms with E-state index >= 15 is 0 Å². The summed E-state index contributed by atoms with van der Waals surface area (Å²) in [4.78, 5) is 11.2. The van der Waals surface area contributed by atoms with Gasteiger partial charge in [-0.1, -0.05) is 18.7 Å². The van der Waals surface area contributed by atoms with Gasteiger partial charge in [0.2, 0.25) is 0 Å². The van der Waals surface area contributed by atoms with Crippen LogP contribution in [0.1, 0.15) is 23.8 Å². The SMILES string of the molecule is CCSc1ncc(CN(Cc2ccsc2)Cc2ccco2)cn1. The molecule has 3 heterocycles. The Morgan fingerprint density at radius 3 is 2.61 bits per heavy atom. The molecular weight excluding hydrogens is 326 g/mol. The van der Waals surface area contributed by atoms with Crippen molar-refractivity contribution in [3.05, 3.63) is 64.5 Å². The number of hydrogen-bond donors (Lipinski definition) is 0. The number of rotatable bonds is 8. The van der Waals surface area contributed by atoms with Crippen molar-refractivity contribution < 1.29 is 4.42 Å². The van der Waals surface area contributed by atoms with Gasteiger partial charge in [0.15, 0.2) is 5.16 Å². The van der Waals surface area contributed by atoms with Gasteiger partial charge in [-0.3, -0.25) is 4.90 Å². The molecule has 0 fully saturated rings. The van der Waals surface area contributed by atoms with Gasteiger partial charge in [0.25, 0.3) is 0 Å². The second-order valence-corrected chi connectivity index (χ2v) is 7.17. The van der Waals surface area contributed by atoms with E-state index < -0.39 is 0 Å². The van der Waals surface area contributed by atoms with Crippen LogP contribution >= 0.6 is 23.1 Å². The Morgan fingerprint density at radius 2 is 1.96 bits per heavy atom. The fourth-order valence-corrected chi connectivity index (χ4v) is 3.49. The summed E-state index contributed by atoms with van der Waals surface area (Å²) in [6, 6.07) is 6.10. The molecule has 23 heavy (non-hydrogen) atoms. The van der Waals surface area contributed by atoms with E-state index in [1.165, 1.54) is 5.56 Å². The molecule has 0 bridgehead atoms. The lowest BCUT2D eigenvalue weighted by Crippen LogP contribution is -2.22. The first-order chi connectivity index (χ1) is 11.3. The molecule has 3 aromatic rings. The van der Waals surface area contributed by atoms with Crippen LogP contribution in [0.25, 0.3) is 0 Å². The second kappa shape index (κ2) is 8.29. The molecule has 0 aromatic carbocycles. The van der Waals surface area contributed by atoms with E-state index in [2.05, 4.69) is 38.6 Å². The summed E-state index contributed by atoms with van der Waals surface area (Å²) in [5.74, 6) is 1.96. The van der Waals surface area contributed by atoms with Gasteiger partial charge in [-0.2, -0.15) is 11.3 Å². The van der Waals surface area contributed by atoms with Gasteiger partial charge in [0.1, 0.15) is 5.76 Å². The minimum Gasteiger partial charge on any atom is -0.468 e. The Balaban J connectivity index is 1.69. The highest BCUT2D eigenvalue weighted by Crippen LogP contribution is 2.17. The first kappa shape index (κ1) is 16.2. The van der Waals surface area contributed by atoms with Gasteiger partial charge in [-0.25, -0.2) is 9.97 Å². The molecule has 0 unspecified atom stereocenters. The summed E-state index contributed by atoms with van der Waals surface area (Å²) in [5.41, 5.74) is 2.44. The van der Waals surface area contributed by atoms with E-state index in [1.54, 1.807) is 29.4 Å². The van der Waals surface area contributed by atoms with E-state index in [-0.39, 0.29) is 0 Å². The largest absolute Gasteiger partial charge is 0.468 e. The predicted octanol–water partition coefficient (Wildman–Crippen LogP) is 4.45. The quantitative estimate of drug-likeness (QED) is 0.446. The third kappa shape index (κ3) is 4.92. The maximum atomic E-state index is 5.50. The lowest BCUT2D eigenvalue weighted by molar-refractivity contribution is 0.226. The molecule has 0 aliphatic rings. The Kier molecular flexibility index (Phi) is 5.85. The molecule has 0 aliphatic carbocycles. The van der Waals surface area contributed by atoms with Crippen LogP contribution in [0.5, 0.6) is 0 Å². The molecule has 120 valence electrons. The summed E-state index contributed by atoms with van der Waals surface area (Å²) < 4.78 is 5.50. The highest BCUT2D eigenvalue weighted by molar-refractivity contribution is 7.99. The number of hydrogen-bond acceptors (Lipinski definition) is 6. The van der Waals surface area contributed by atoms with Crippen molar-refractivity contribution >= 4 is 23.1 Å². The maximum Gasteiger partial charge on any atom is 0.187 e. The molecule has 0 saturated heterocycles. The van der Waals surface area contributed by atoms with Crippen molar-refractivity contribution in [1.29, 1.82) is 0 Å². The highest BCUT2D eigenvalue weighted by atomic mass is 32.2. The number of nitrogens with zero attached hydrogens (tertiary/aromatic N) is 3. The van der Waals surface area contributed by atoms with Crippen LogP contribution in [-0.2, 0) is 19.6 Å².